The first-order valence-electron chi connectivity index (χ1n) is 8.16. The predicted molar refractivity (Wildman–Crippen MR) is 95.6 cm³/mol. The van der Waals surface area contributed by atoms with Gasteiger partial charge in [-0.1, -0.05) is 48.6 Å². The number of hydrogen-bond donors (Lipinski definition) is 1. The van der Waals surface area contributed by atoms with E-state index in [1.54, 1.807) is 0 Å². The monoisotopic (exact) mass is 306 g/mol. The number of benzene rings is 2. The Morgan fingerprint density at radius 3 is 2.48 bits per heavy atom. The number of hydrogen-bond acceptors (Lipinski definition) is 2. The highest BCUT2D eigenvalue weighted by molar-refractivity contribution is 5.98. The van der Waals surface area contributed by atoms with Gasteiger partial charge >= 0.3 is 0 Å². The highest BCUT2D eigenvalue weighted by Gasteiger charge is 2.30. The molecule has 0 saturated carbocycles. The Balaban J connectivity index is 1.46. The van der Waals surface area contributed by atoms with Crippen molar-refractivity contribution in [2.24, 2.45) is 5.92 Å². The van der Waals surface area contributed by atoms with Crippen LogP contribution in [0.5, 0.6) is 0 Å². The van der Waals surface area contributed by atoms with Crippen molar-refractivity contribution in [3.8, 4) is 0 Å². The first-order chi connectivity index (χ1) is 11.3. The highest BCUT2D eigenvalue weighted by atomic mass is 16.2. The van der Waals surface area contributed by atoms with E-state index in [2.05, 4.69) is 29.6 Å². The van der Waals surface area contributed by atoms with Gasteiger partial charge in [-0.15, -0.1) is 0 Å². The second-order valence-corrected chi connectivity index (χ2v) is 5.73. The number of para-hydroxylation sites is 2. The van der Waals surface area contributed by atoms with Gasteiger partial charge in [-0.3, -0.25) is 4.79 Å². The number of nitrogens with one attached hydrogen (secondary N) is 1. The number of nitrogens with zero attached hydrogens (tertiary/aromatic N) is 1. The zero-order chi connectivity index (χ0) is 15.9. The molecule has 3 rings (SSSR count). The maximum absolute atomic E-state index is 12.5. The molecule has 1 heterocycles. The molecule has 1 atom stereocenters. The van der Waals surface area contributed by atoms with Crippen molar-refractivity contribution in [3.05, 3.63) is 72.8 Å². The number of carbonyl (C=O) groups excluding carboxylic acids is 1. The van der Waals surface area contributed by atoms with E-state index < -0.39 is 0 Å². The lowest BCUT2D eigenvalue weighted by atomic mass is 10.1. The van der Waals surface area contributed by atoms with Crippen LogP contribution in [0.4, 0.5) is 11.4 Å². The van der Waals surface area contributed by atoms with Crippen LogP contribution in [0.25, 0.3) is 0 Å². The van der Waals surface area contributed by atoms with Crippen molar-refractivity contribution in [2.75, 3.05) is 23.3 Å². The van der Waals surface area contributed by atoms with Crippen molar-refractivity contribution in [3.63, 3.8) is 0 Å². The molecule has 1 amide bonds. The quantitative estimate of drug-likeness (QED) is 0.644. The lowest BCUT2D eigenvalue weighted by molar-refractivity contribution is -0.119. The topological polar surface area (TPSA) is 32.3 Å². The molecule has 1 fully saturated rings. The summed E-state index contributed by atoms with van der Waals surface area (Å²) in [5.41, 5.74) is 2.13. The van der Waals surface area contributed by atoms with Crippen LogP contribution in [-0.2, 0) is 4.79 Å². The van der Waals surface area contributed by atoms with E-state index in [0.717, 1.165) is 37.3 Å². The Kier molecular flexibility index (Phi) is 5.09. The summed E-state index contributed by atoms with van der Waals surface area (Å²) in [6, 6.07) is 20.1. The SMILES string of the molecule is O=C1C(C=CCCNc2ccccc2)CCN1c1ccccc1. The van der Waals surface area contributed by atoms with Gasteiger partial charge in [0.15, 0.2) is 0 Å². The van der Waals surface area contributed by atoms with E-state index in [9.17, 15) is 4.79 Å². The minimum atomic E-state index is 0.0203. The lowest BCUT2D eigenvalue weighted by Gasteiger charge is -2.15. The van der Waals surface area contributed by atoms with Crippen LogP contribution in [0.1, 0.15) is 12.8 Å². The first kappa shape index (κ1) is 15.3. The molecule has 0 aromatic heterocycles. The molecule has 2 aromatic carbocycles. The Hall–Kier alpha value is -2.55. The molecule has 1 saturated heterocycles. The highest BCUT2D eigenvalue weighted by Crippen LogP contribution is 2.25. The van der Waals surface area contributed by atoms with Crippen molar-refractivity contribution >= 4 is 17.3 Å². The Labute approximate surface area is 137 Å². The Bertz CT molecular complexity index is 652. The summed E-state index contributed by atoms with van der Waals surface area (Å²) in [7, 11) is 0. The smallest absolute Gasteiger partial charge is 0.233 e. The van der Waals surface area contributed by atoms with Gasteiger partial charge in [0.1, 0.15) is 0 Å². The molecule has 3 nitrogen and oxygen atoms in total. The predicted octanol–water partition coefficient (Wildman–Crippen LogP) is 4.10. The molecule has 1 aliphatic rings. The summed E-state index contributed by atoms with van der Waals surface area (Å²) >= 11 is 0. The third kappa shape index (κ3) is 4.01. The molecule has 1 unspecified atom stereocenters. The normalized spacial score (nSPS) is 17.8. The average Bonchev–Trinajstić information content (AvgIpc) is 2.97. The number of anilines is 2. The van der Waals surface area contributed by atoms with Crippen molar-refractivity contribution in [1.29, 1.82) is 0 Å². The van der Waals surface area contributed by atoms with Crippen molar-refractivity contribution in [1.82, 2.24) is 0 Å². The maximum atomic E-state index is 12.5. The van der Waals surface area contributed by atoms with Gasteiger partial charge in [-0.2, -0.15) is 0 Å². The summed E-state index contributed by atoms with van der Waals surface area (Å²) in [4.78, 5) is 14.3. The second-order valence-electron chi connectivity index (χ2n) is 5.73. The molecule has 3 heteroatoms. The van der Waals surface area contributed by atoms with E-state index in [0.29, 0.717) is 0 Å². The summed E-state index contributed by atoms with van der Waals surface area (Å²) in [5, 5.41) is 3.37. The van der Waals surface area contributed by atoms with Gasteiger partial charge in [-0.25, -0.2) is 0 Å². The molecule has 2 aromatic rings. The lowest BCUT2D eigenvalue weighted by Crippen LogP contribution is -2.26. The van der Waals surface area contributed by atoms with Gasteiger partial charge < -0.3 is 10.2 Å². The molecule has 23 heavy (non-hydrogen) atoms. The standard InChI is InChI=1S/C20H22N2O/c23-20-17(14-16-22(20)19-12-5-2-6-13-19)9-7-8-15-21-18-10-3-1-4-11-18/h1-7,9-13,17,21H,8,14-16H2. The van der Waals surface area contributed by atoms with Gasteiger partial charge in [-0.05, 0) is 37.1 Å². The van der Waals surface area contributed by atoms with Crippen LogP contribution in [-0.4, -0.2) is 19.0 Å². The van der Waals surface area contributed by atoms with Gasteiger partial charge in [0.25, 0.3) is 0 Å². The van der Waals surface area contributed by atoms with Crippen LogP contribution in [0.2, 0.25) is 0 Å². The molecular weight excluding hydrogens is 284 g/mol. The molecular formula is C20H22N2O. The van der Waals surface area contributed by atoms with E-state index >= 15 is 0 Å². The van der Waals surface area contributed by atoms with Crippen LogP contribution < -0.4 is 10.2 Å². The number of carbonyl (C=O) groups is 1. The third-order valence-corrected chi connectivity index (χ3v) is 4.10. The van der Waals surface area contributed by atoms with E-state index in [1.165, 1.54) is 0 Å². The molecule has 0 aliphatic carbocycles. The largest absolute Gasteiger partial charge is 0.385 e. The minimum absolute atomic E-state index is 0.0203. The van der Waals surface area contributed by atoms with Crippen LogP contribution in [0.15, 0.2) is 72.8 Å². The maximum Gasteiger partial charge on any atom is 0.233 e. The van der Waals surface area contributed by atoms with E-state index in [-0.39, 0.29) is 11.8 Å². The summed E-state index contributed by atoms with van der Waals surface area (Å²) in [6.07, 6.45) is 6.01. The zero-order valence-corrected chi connectivity index (χ0v) is 13.2. The number of rotatable bonds is 6. The Morgan fingerprint density at radius 1 is 1.04 bits per heavy atom. The Morgan fingerprint density at radius 2 is 1.74 bits per heavy atom. The molecule has 1 N–H and O–H groups in total. The fraction of sp³-hybridized carbons (Fsp3) is 0.250. The fourth-order valence-corrected chi connectivity index (χ4v) is 2.86. The second kappa shape index (κ2) is 7.63. The number of amides is 1. The zero-order valence-electron chi connectivity index (χ0n) is 13.2. The third-order valence-electron chi connectivity index (χ3n) is 4.10. The van der Waals surface area contributed by atoms with Crippen molar-refractivity contribution < 1.29 is 4.79 Å². The molecule has 0 spiro atoms. The molecule has 0 radical (unpaired) electrons. The molecule has 0 bridgehead atoms. The van der Waals surface area contributed by atoms with Gasteiger partial charge in [0.2, 0.25) is 5.91 Å². The summed E-state index contributed by atoms with van der Waals surface area (Å²) in [5.74, 6) is 0.232. The fourth-order valence-electron chi connectivity index (χ4n) is 2.86. The van der Waals surface area contributed by atoms with E-state index in [4.69, 9.17) is 0 Å². The van der Waals surface area contributed by atoms with Crippen LogP contribution in [0.3, 0.4) is 0 Å². The van der Waals surface area contributed by atoms with Gasteiger partial charge in [0, 0.05) is 24.5 Å². The van der Waals surface area contributed by atoms with Crippen molar-refractivity contribution in [2.45, 2.75) is 12.8 Å². The summed E-state index contributed by atoms with van der Waals surface area (Å²) in [6.45, 7) is 1.68. The van der Waals surface area contributed by atoms with Crippen LogP contribution in [0, 0.1) is 5.92 Å². The van der Waals surface area contributed by atoms with Crippen LogP contribution >= 0.6 is 0 Å². The average molecular weight is 306 g/mol. The first-order valence-corrected chi connectivity index (χ1v) is 8.16. The van der Waals surface area contributed by atoms with E-state index in [1.807, 2.05) is 53.4 Å². The summed E-state index contributed by atoms with van der Waals surface area (Å²) < 4.78 is 0. The molecule has 1 aliphatic heterocycles. The molecule has 118 valence electrons. The minimum Gasteiger partial charge on any atom is -0.385 e. The van der Waals surface area contributed by atoms with Gasteiger partial charge in [0.05, 0.1) is 5.92 Å².